The molecular formula is C14H15N3O2. The third-order valence-electron chi connectivity index (χ3n) is 2.99. The van der Waals surface area contributed by atoms with Crippen LogP contribution in [0.5, 0.6) is 0 Å². The molecule has 1 N–H and O–H groups in total. The van der Waals surface area contributed by atoms with Gasteiger partial charge in [0.25, 0.3) is 5.69 Å². The van der Waals surface area contributed by atoms with Crippen LogP contribution in [0.25, 0.3) is 0 Å². The molecule has 0 saturated heterocycles. The number of hydrogen-bond donors (Lipinski definition) is 1. The summed E-state index contributed by atoms with van der Waals surface area (Å²) in [5, 5.41) is 14.0. The van der Waals surface area contributed by atoms with Crippen LogP contribution in [-0.2, 0) is 6.54 Å². The maximum absolute atomic E-state index is 10.9. The molecule has 0 amide bonds. The SMILES string of the molecule is Cc1ccc(NCc2cccc([N+](=O)[O-])c2C)nc1. The van der Waals surface area contributed by atoms with Crippen LogP contribution in [-0.4, -0.2) is 9.91 Å². The van der Waals surface area contributed by atoms with Gasteiger partial charge in [0.1, 0.15) is 5.82 Å². The highest BCUT2D eigenvalue weighted by Gasteiger charge is 2.12. The molecule has 0 aliphatic heterocycles. The summed E-state index contributed by atoms with van der Waals surface area (Å²) < 4.78 is 0. The smallest absolute Gasteiger partial charge is 0.272 e. The Morgan fingerprint density at radius 2 is 2.05 bits per heavy atom. The molecule has 0 aliphatic rings. The second kappa shape index (κ2) is 5.48. The molecule has 0 radical (unpaired) electrons. The number of pyridine rings is 1. The van der Waals surface area contributed by atoms with E-state index in [9.17, 15) is 10.1 Å². The Morgan fingerprint density at radius 1 is 1.26 bits per heavy atom. The third-order valence-corrected chi connectivity index (χ3v) is 2.99. The fraction of sp³-hybridized carbons (Fsp3) is 0.214. The van der Waals surface area contributed by atoms with Gasteiger partial charge in [-0.3, -0.25) is 10.1 Å². The molecule has 98 valence electrons. The van der Waals surface area contributed by atoms with Gasteiger partial charge in [-0.1, -0.05) is 18.2 Å². The second-order valence-electron chi connectivity index (χ2n) is 4.39. The largest absolute Gasteiger partial charge is 0.366 e. The van der Waals surface area contributed by atoms with Crippen molar-refractivity contribution in [1.29, 1.82) is 0 Å². The van der Waals surface area contributed by atoms with Gasteiger partial charge >= 0.3 is 0 Å². The Balaban J connectivity index is 2.13. The van der Waals surface area contributed by atoms with Crippen LogP contribution in [0.2, 0.25) is 0 Å². The first-order valence-electron chi connectivity index (χ1n) is 5.97. The maximum Gasteiger partial charge on any atom is 0.272 e. The Morgan fingerprint density at radius 3 is 2.68 bits per heavy atom. The van der Waals surface area contributed by atoms with Gasteiger partial charge in [-0.2, -0.15) is 0 Å². The molecular weight excluding hydrogens is 242 g/mol. The molecule has 0 fully saturated rings. The zero-order valence-electron chi connectivity index (χ0n) is 10.9. The highest BCUT2D eigenvalue weighted by molar-refractivity contribution is 5.46. The van der Waals surface area contributed by atoms with Crippen molar-refractivity contribution in [2.24, 2.45) is 0 Å². The van der Waals surface area contributed by atoms with E-state index >= 15 is 0 Å². The van der Waals surface area contributed by atoms with E-state index in [1.54, 1.807) is 19.2 Å². The first-order chi connectivity index (χ1) is 9.08. The fourth-order valence-corrected chi connectivity index (χ4v) is 1.82. The molecule has 0 atom stereocenters. The number of nitrogens with one attached hydrogen (secondary N) is 1. The van der Waals surface area contributed by atoms with Crippen LogP contribution < -0.4 is 5.32 Å². The van der Waals surface area contributed by atoms with E-state index in [0.29, 0.717) is 12.1 Å². The Hall–Kier alpha value is -2.43. The number of benzene rings is 1. The third kappa shape index (κ3) is 3.07. The lowest BCUT2D eigenvalue weighted by atomic mass is 10.1. The molecule has 1 aromatic carbocycles. The van der Waals surface area contributed by atoms with Crippen LogP contribution in [0, 0.1) is 24.0 Å². The minimum absolute atomic E-state index is 0.149. The predicted molar refractivity (Wildman–Crippen MR) is 74.1 cm³/mol. The highest BCUT2D eigenvalue weighted by atomic mass is 16.6. The van der Waals surface area contributed by atoms with Crippen LogP contribution in [0.3, 0.4) is 0 Å². The summed E-state index contributed by atoms with van der Waals surface area (Å²) in [6.45, 7) is 4.25. The minimum Gasteiger partial charge on any atom is -0.366 e. The summed E-state index contributed by atoms with van der Waals surface area (Å²) in [7, 11) is 0. The van der Waals surface area contributed by atoms with Gasteiger partial charge in [0.15, 0.2) is 0 Å². The van der Waals surface area contributed by atoms with Gasteiger partial charge in [0, 0.05) is 24.4 Å². The summed E-state index contributed by atoms with van der Waals surface area (Å²) in [6.07, 6.45) is 1.78. The minimum atomic E-state index is -0.358. The van der Waals surface area contributed by atoms with Crippen molar-refractivity contribution < 1.29 is 4.92 Å². The number of nitro groups is 1. The average molecular weight is 257 g/mol. The van der Waals surface area contributed by atoms with Gasteiger partial charge in [0.2, 0.25) is 0 Å². The van der Waals surface area contributed by atoms with Gasteiger partial charge in [-0.05, 0) is 31.0 Å². The number of nitro benzene ring substituents is 1. The number of aromatic nitrogens is 1. The number of anilines is 1. The molecule has 0 saturated carbocycles. The first-order valence-corrected chi connectivity index (χ1v) is 5.97. The zero-order valence-corrected chi connectivity index (χ0v) is 10.9. The zero-order chi connectivity index (χ0) is 13.8. The molecule has 0 bridgehead atoms. The van der Waals surface area contributed by atoms with Gasteiger partial charge in [-0.15, -0.1) is 0 Å². The second-order valence-corrected chi connectivity index (χ2v) is 4.39. The number of nitrogens with zero attached hydrogens (tertiary/aromatic N) is 2. The lowest BCUT2D eigenvalue weighted by Gasteiger charge is -2.08. The van der Waals surface area contributed by atoms with E-state index in [0.717, 1.165) is 16.9 Å². The Bertz CT molecular complexity index is 594. The van der Waals surface area contributed by atoms with E-state index in [1.807, 2.05) is 25.1 Å². The van der Waals surface area contributed by atoms with E-state index < -0.39 is 0 Å². The molecule has 0 unspecified atom stereocenters. The number of aryl methyl sites for hydroxylation is 1. The summed E-state index contributed by atoms with van der Waals surface area (Å²) in [4.78, 5) is 14.7. The Kier molecular flexibility index (Phi) is 3.75. The molecule has 5 heteroatoms. The Labute approximate surface area is 111 Å². The van der Waals surface area contributed by atoms with Crippen molar-refractivity contribution >= 4 is 11.5 Å². The van der Waals surface area contributed by atoms with Crippen molar-refractivity contribution in [3.05, 3.63) is 63.3 Å². The quantitative estimate of drug-likeness (QED) is 0.674. The average Bonchev–Trinajstić information content (AvgIpc) is 2.39. The lowest BCUT2D eigenvalue weighted by Crippen LogP contribution is -2.04. The molecule has 5 nitrogen and oxygen atoms in total. The summed E-state index contributed by atoms with van der Waals surface area (Å²) in [6, 6.07) is 8.95. The normalized spacial score (nSPS) is 10.2. The number of hydrogen-bond acceptors (Lipinski definition) is 4. The molecule has 0 aliphatic carbocycles. The molecule has 1 aromatic heterocycles. The van der Waals surface area contributed by atoms with Crippen molar-refractivity contribution in [3.8, 4) is 0 Å². The summed E-state index contributed by atoms with van der Waals surface area (Å²) in [5.74, 6) is 0.761. The monoisotopic (exact) mass is 257 g/mol. The van der Waals surface area contributed by atoms with Crippen molar-refractivity contribution in [3.63, 3.8) is 0 Å². The number of rotatable bonds is 4. The van der Waals surface area contributed by atoms with Crippen molar-refractivity contribution in [2.75, 3.05) is 5.32 Å². The fourth-order valence-electron chi connectivity index (χ4n) is 1.82. The summed E-state index contributed by atoms with van der Waals surface area (Å²) in [5.41, 5.74) is 2.83. The van der Waals surface area contributed by atoms with Crippen LogP contribution in [0.15, 0.2) is 36.5 Å². The molecule has 19 heavy (non-hydrogen) atoms. The maximum atomic E-state index is 10.9. The lowest BCUT2D eigenvalue weighted by molar-refractivity contribution is -0.385. The standard InChI is InChI=1S/C14H15N3O2/c1-10-6-7-14(15-8-10)16-9-12-4-3-5-13(11(12)2)17(18)19/h3-8H,9H2,1-2H3,(H,15,16). The van der Waals surface area contributed by atoms with E-state index in [1.165, 1.54) is 6.07 Å². The van der Waals surface area contributed by atoms with Crippen LogP contribution in [0.1, 0.15) is 16.7 Å². The molecule has 2 aromatic rings. The summed E-state index contributed by atoms with van der Waals surface area (Å²) >= 11 is 0. The van der Waals surface area contributed by atoms with E-state index in [-0.39, 0.29) is 10.6 Å². The van der Waals surface area contributed by atoms with Crippen LogP contribution >= 0.6 is 0 Å². The first kappa shape index (κ1) is 13.0. The van der Waals surface area contributed by atoms with Crippen LogP contribution in [0.4, 0.5) is 11.5 Å². The molecule has 0 spiro atoms. The van der Waals surface area contributed by atoms with Gasteiger partial charge in [-0.25, -0.2) is 4.98 Å². The van der Waals surface area contributed by atoms with Gasteiger partial charge < -0.3 is 5.32 Å². The predicted octanol–water partition coefficient (Wildman–Crippen LogP) is 3.22. The van der Waals surface area contributed by atoms with Crippen molar-refractivity contribution in [2.45, 2.75) is 20.4 Å². The highest BCUT2D eigenvalue weighted by Crippen LogP contribution is 2.21. The molecule has 1 heterocycles. The topological polar surface area (TPSA) is 68.1 Å². The van der Waals surface area contributed by atoms with Gasteiger partial charge in [0.05, 0.1) is 4.92 Å². The van der Waals surface area contributed by atoms with E-state index in [4.69, 9.17) is 0 Å². The van der Waals surface area contributed by atoms with Crippen molar-refractivity contribution in [1.82, 2.24) is 4.98 Å². The molecule has 2 rings (SSSR count). The van der Waals surface area contributed by atoms with E-state index in [2.05, 4.69) is 10.3 Å².